The molecule has 21 heavy (non-hydrogen) atoms. The summed E-state index contributed by atoms with van der Waals surface area (Å²) < 4.78 is 6.14. The van der Waals surface area contributed by atoms with E-state index in [0.29, 0.717) is 6.54 Å². The number of rotatable bonds is 6. The van der Waals surface area contributed by atoms with Crippen molar-refractivity contribution in [2.24, 2.45) is 5.73 Å². The maximum Gasteiger partial charge on any atom is 0.239 e. The van der Waals surface area contributed by atoms with Crippen LogP contribution in [0.3, 0.4) is 0 Å². The van der Waals surface area contributed by atoms with Crippen LogP contribution in [0.15, 0.2) is 53.0 Å². The summed E-state index contributed by atoms with van der Waals surface area (Å²) in [5.74, 6) is 0.383. The van der Waals surface area contributed by atoms with Crippen molar-refractivity contribution in [2.45, 2.75) is 12.6 Å². The molecule has 110 valence electrons. The van der Waals surface area contributed by atoms with Gasteiger partial charge in [-0.05, 0) is 35.4 Å². The van der Waals surface area contributed by atoms with E-state index in [9.17, 15) is 4.79 Å². The maximum absolute atomic E-state index is 11.7. The lowest BCUT2D eigenvalue weighted by atomic mass is 10.1. The van der Waals surface area contributed by atoms with Crippen LogP contribution in [0.2, 0.25) is 0 Å². The van der Waals surface area contributed by atoms with Crippen molar-refractivity contribution in [1.29, 1.82) is 0 Å². The fraction of sp³-hybridized carbons (Fsp3) is 0.188. The maximum atomic E-state index is 11.7. The lowest BCUT2D eigenvalue weighted by molar-refractivity contribution is -0.120. The number of nitrogens with two attached hydrogens (primary N) is 1. The van der Waals surface area contributed by atoms with E-state index in [0.717, 1.165) is 21.3 Å². The molecule has 2 aromatic rings. The average molecular weight is 349 g/mol. The first-order valence-electron chi connectivity index (χ1n) is 6.51. The van der Waals surface area contributed by atoms with Gasteiger partial charge in [-0.3, -0.25) is 10.1 Å². The van der Waals surface area contributed by atoms with E-state index in [1.165, 1.54) is 0 Å². The molecule has 0 heterocycles. The summed E-state index contributed by atoms with van der Waals surface area (Å²) in [6.07, 6.45) is 0. The van der Waals surface area contributed by atoms with Crippen molar-refractivity contribution in [3.05, 3.63) is 64.1 Å². The summed E-state index contributed by atoms with van der Waals surface area (Å²) >= 11 is 3.37. The fourth-order valence-electron chi connectivity index (χ4n) is 2.04. The third kappa shape index (κ3) is 4.31. The first-order chi connectivity index (χ1) is 10.1. The lowest BCUT2D eigenvalue weighted by Crippen LogP contribution is -2.33. The van der Waals surface area contributed by atoms with E-state index < -0.39 is 11.9 Å². The van der Waals surface area contributed by atoms with Gasteiger partial charge < -0.3 is 10.5 Å². The molecule has 4 nitrogen and oxygen atoms in total. The summed E-state index contributed by atoms with van der Waals surface area (Å²) in [6.45, 7) is 0.529. The first kappa shape index (κ1) is 15.5. The second kappa shape index (κ2) is 7.24. The minimum absolute atomic E-state index is 0.403. The first-order valence-corrected chi connectivity index (χ1v) is 7.30. The number of carbonyl (C=O) groups is 1. The number of carbonyl (C=O) groups excluding carboxylic acids is 1. The third-order valence-corrected chi connectivity index (χ3v) is 3.66. The number of methoxy groups -OCH3 is 1. The highest BCUT2D eigenvalue weighted by molar-refractivity contribution is 9.10. The second-order valence-electron chi connectivity index (χ2n) is 4.62. The second-order valence-corrected chi connectivity index (χ2v) is 5.54. The lowest BCUT2D eigenvalue weighted by Gasteiger charge is -2.16. The van der Waals surface area contributed by atoms with Crippen LogP contribution in [0.25, 0.3) is 0 Å². The van der Waals surface area contributed by atoms with Gasteiger partial charge in [0.25, 0.3) is 0 Å². The normalized spacial score (nSPS) is 11.9. The number of halogens is 1. The molecule has 0 unspecified atom stereocenters. The van der Waals surface area contributed by atoms with Crippen molar-refractivity contribution in [2.75, 3.05) is 7.11 Å². The van der Waals surface area contributed by atoms with Gasteiger partial charge >= 0.3 is 0 Å². The molecule has 2 aromatic carbocycles. The molecule has 3 N–H and O–H groups in total. The van der Waals surface area contributed by atoms with E-state index in [1.54, 1.807) is 7.11 Å². The monoisotopic (exact) mass is 348 g/mol. The van der Waals surface area contributed by atoms with E-state index in [2.05, 4.69) is 21.2 Å². The predicted molar refractivity (Wildman–Crippen MR) is 85.9 cm³/mol. The van der Waals surface area contributed by atoms with Gasteiger partial charge in [0.15, 0.2) is 0 Å². The number of amides is 1. The highest BCUT2D eigenvalue weighted by Gasteiger charge is 2.16. The van der Waals surface area contributed by atoms with Crippen LogP contribution in [0.1, 0.15) is 17.2 Å². The Balaban J connectivity index is 2.10. The zero-order valence-electron chi connectivity index (χ0n) is 11.7. The average Bonchev–Trinajstić information content (AvgIpc) is 2.49. The topological polar surface area (TPSA) is 64.3 Å². The summed E-state index contributed by atoms with van der Waals surface area (Å²) in [5.41, 5.74) is 7.36. The summed E-state index contributed by atoms with van der Waals surface area (Å²) in [7, 11) is 1.63. The Hall–Kier alpha value is -1.85. The van der Waals surface area contributed by atoms with Gasteiger partial charge in [0.1, 0.15) is 11.8 Å². The van der Waals surface area contributed by atoms with E-state index in [-0.39, 0.29) is 0 Å². The Bertz CT molecular complexity index is 614. The van der Waals surface area contributed by atoms with Gasteiger partial charge in [-0.2, -0.15) is 0 Å². The Kier molecular flexibility index (Phi) is 5.36. The van der Waals surface area contributed by atoms with Crippen LogP contribution >= 0.6 is 15.9 Å². The highest BCUT2D eigenvalue weighted by atomic mass is 79.9. The molecule has 1 amide bonds. The smallest absolute Gasteiger partial charge is 0.239 e. The molecule has 0 bridgehead atoms. The van der Waals surface area contributed by atoms with Gasteiger partial charge in [0.05, 0.1) is 7.11 Å². The summed E-state index contributed by atoms with van der Waals surface area (Å²) in [5, 5.41) is 3.18. The molecule has 0 radical (unpaired) electrons. The van der Waals surface area contributed by atoms with Crippen LogP contribution in [0.5, 0.6) is 5.75 Å². The van der Waals surface area contributed by atoms with Crippen molar-refractivity contribution >= 4 is 21.8 Å². The van der Waals surface area contributed by atoms with Crippen LogP contribution in [-0.2, 0) is 11.3 Å². The fourth-order valence-corrected chi connectivity index (χ4v) is 2.30. The molecule has 0 fully saturated rings. The number of nitrogens with one attached hydrogen (secondary N) is 1. The molecule has 0 saturated carbocycles. The Labute approximate surface area is 132 Å². The Morgan fingerprint density at radius 1 is 1.29 bits per heavy atom. The van der Waals surface area contributed by atoms with Gasteiger partial charge in [0.2, 0.25) is 5.91 Å². The molecule has 0 aliphatic carbocycles. The number of hydrogen-bond acceptors (Lipinski definition) is 3. The molecule has 2 rings (SSSR count). The van der Waals surface area contributed by atoms with E-state index in [1.807, 2.05) is 48.5 Å². The minimum Gasteiger partial charge on any atom is -0.497 e. The Morgan fingerprint density at radius 3 is 2.62 bits per heavy atom. The Morgan fingerprint density at radius 2 is 2.00 bits per heavy atom. The zero-order chi connectivity index (χ0) is 15.2. The zero-order valence-corrected chi connectivity index (χ0v) is 13.3. The minimum atomic E-state index is -0.524. The van der Waals surface area contributed by atoms with Gasteiger partial charge in [0, 0.05) is 11.0 Å². The van der Waals surface area contributed by atoms with Crippen molar-refractivity contribution in [3.8, 4) is 5.75 Å². The number of primary amides is 1. The standard InChI is InChI=1S/C16H17BrN2O2/c1-21-14-4-2-3-11(9-14)10-19-15(16(18)20)12-5-7-13(17)8-6-12/h2-9,15,19H,10H2,1H3,(H2,18,20)/t15-/m0/s1. The molecule has 0 aromatic heterocycles. The molecule has 0 aliphatic rings. The molecular weight excluding hydrogens is 332 g/mol. The van der Waals surface area contributed by atoms with E-state index in [4.69, 9.17) is 10.5 Å². The van der Waals surface area contributed by atoms with Crippen molar-refractivity contribution < 1.29 is 9.53 Å². The summed E-state index contributed by atoms with van der Waals surface area (Å²) in [4.78, 5) is 11.7. The SMILES string of the molecule is COc1cccc(CN[C@H](C(N)=O)c2ccc(Br)cc2)c1. The molecule has 1 atom stereocenters. The van der Waals surface area contributed by atoms with Crippen LogP contribution in [-0.4, -0.2) is 13.0 Å². The predicted octanol–water partition coefficient (Wildman–Crippen LogP) is 2.77. The molecule has 0 aliphatic heterocycles. The molecule has 0 spiro atoms. The third-order valence-electron chi connectivity index (χ3n) is 3.13. The molecule has 5 heteroatoms. The van der Waals surface area contributed by atoms with Gasteiger partial charge in [-0.25, -0.2) is 0 Å². The van der Waals surface area contributed by atoms with Crippen LogP contribution in [0.4, 0.5) is 0 Å². The van der Waals surface area contributed by atoms with Crippen molar-refractivity contribution in [1.82, 2.24) is 5.32 Å². The van der Waals surface area contributed by atoms with Crippen LogP contribution in [0, 0.1) is 0 Å². The molecule has 0 saturated heterocycles. The number of benzene rings is 2. The largest absolute Gasteiger partial charge is 0.497 e. The van der Waals surface area contributed by atoms with Crippen LogP contribution < -0.4 is 15.8 Å². The number of hydrogen-bond donors (Lipinski definition) is 2. The molecular formula is C16H17BrN2O2. The summed E-state index contributed by atoms with van der Waals surface area (Å²) in [6, 6.07) is 14.7. The van der Waals surface area contributed by atoms with Gasteiger partial charge in [-0.15, -0.1) is 0 Å². The van der Waals surface area contributed by atoms with E-state index >= 15 is 0 Å². The quantitative estimate of drug-likeness (QED) is 0.843. The highest BCUT2D eigenvalue weighted by Crippen LogP contribution is 2.18. The van der Waals surface area contributed by atoms with Gasteiger partial charge in [-0.1, -0.05) is 40.2 Å². The van der Waals surface area contributed by atoms with Crippen molar-refractivity contribution in [3.63, 3.8) is 0 Å². The number of ether oxygens (including phenoxy) is 1.